The second-order valence-electron chi connectivity index (χ2n) is 5.19. The fourth-order valence-electron chi connectivity index (χ4n) is 1.60. The highest BCUT2D eigenvalue weighted by atomic mass is 79.9. The molecule has 0 saturated heterocycles. The van der Waals surface area contributed by atoms with Crippen LogP contribution in [0, 0.1) is 0 Å². The van der Waals surface area contributed by atoms with E-state index in [-0.39, 0.29) is 22.6 Å². The van der Waals surface area contributed by atoms with E-state index < -0.39 is 23.9 Å². The van der Waals surface area contributed by atoms with Gasteiger partial charge < -0.3 is 30.6 Å². The Balaban J connectivity index is 0.000000462. The van der Waals surface area contributed by atoms with Gasteiger partial charge in [-0.3, -0.25) is 0 Å². The van der Waals surface area contributed by atoms with Gasteiger partial charge in [-0.05, 0) is 56.1 Å². The van der Waals surface area contributed by atoms with Crippen LogP contribution in [0.4, 0.5) is 0 Å². The molecule has 0 atom stereocenters. The van der Waals surface area contributed by atoms with Gasteiger partial charge in [-0.2, -0.15) is 0 Å². The van der Waals surface area contributed by atoms with E-state index in [0.29, 0.717) is 30.0 Å². The topological polar surface area (TPSA) is 190 Å². The van der Waals surface area contributed by atoms with Crippen molar-refractivity contribution in [1.29, 1.82) is 0 Å². The van der Waals surface area contributed by atoms with Crippen LogP contribution in [-0.4, -0.2) is 54.5 Å². The van der Waals surface area contributed by atoms with Gasteiger partial charge in [0.2, 0.25) is 0 Å². The number of hydrogen-bond acceptors (Lipinski definition) is 6. The molecule has 32 heavy (non-hydrogen) atoms. The normalized spacial score (nSPS) is 9.75. The summed E-state index contributed by atoms with van der Waals surface area (Å²) in [6.45, 7) is 0. The number of benzene rings is 2. The first-order chi connectivity index (χ1) is 14.7. The Morgan fingerprint density at radius 2 is 0.875 bits per heavy atom. The molecule has 0 fully saturated rings. The number of aliphatic carboxylic acids is 2. The summed E-state index contributed by atoms with van der Waals surface area (Å²) in [4.78, 5) is 40.2. The Morgan fingerprint density at radius 1 is 0.594 bits per heavy atom. The van der Waals surface area contributed by atoms with E-state index in [1.807, 2.05) is 0 Å². The average molecular weight is 708 g/mol. The van der Waals surface area contributed by atoms with E-state index >= 15 is 0 Å². The molecule has 2 rings (SSSR count). The maximum atomic E-state index is 10.5. The van der Waals surface area contributed by atoms with Gasteiger partial charge in [0.15, 0.2) is 0 Å². The summed E-state index contributed by atoms with van der Waals surface area (Å²) in [5.41, 5.74) is -0.257. The van der Waals surface area contributed by atoms with Crippen molar-refractivity contribution in [2.45, 2.75) is 0 Å². The molecule has 0 bridgehead atoms. The standard InChI is InChI=1S/2C7H4Br2O3.C4H4O4/c2*8-3-1-4(7(11)12)6(10)5(9)2-3;5-3(6)1-2-4(7)8/h2*1-2,10H,(H,11,12);1-2H,(H,5,6)(H,7,8)/b;;2-1+. The van der Waals surface area contributed by atoms with E-state index in [9.17, 15) is 29.4 Å². The van der Waals surface area contributed by atoms with Crippen LogP contribution < -0.4 is 0 Å². The fraction of sp³-hybridized carbons (Fsp3) is 0. The van der Waals surface area contributed by atoms with Gasteiger partial charge in [-0.1, -0.05) is 31.9 Å². The molecule has 0 amide bonds. The molecule has 0 aliphatic carbocycles. The maximum Gasteiger partial charge on any atom is 0.339 e. The lowest BCUT2D eigenvalue weighted by molar-refractivity contribution is -0.134. The van der Waals surface area contributed by atoms with Crippen LogP contribution in [0.1, 0.15) is 20.7 Å². The van der Waals surface area contributed by atoms with Gasteiger partial charge in [-0.25, -0.2) is 19.2 Å². The average Bonchev–Trinajstić information content (AvgIpc) is 2.66. The van der Waals surface area contributed by atoms with Crippen molar-refractivity contribution in [3.8, 4) is 11.5 Å². The van der Waals surface area contributed by atoms with Crippen LogP contribution in [0.2, 0.25) is 0 Å². The Labute approximate surface area is 213 Å². The molecule has 2 aromatic carbocycles. The van der Waals surface area contributed by atoms with Crippen LogP contribution in [0.15, 0.2) is 54.3 Å². The predicted molar refractivity (Wildman–Crippen MR) is 125 cm³/mol. The summed E-state index contributed by atoms with van der Waals surface area (Å²) >= 11 is 12.3. The van der Waals surface area contributed by atoms with Crippen molar-refractivity contribution in [2.24, 2.45) is 0 Å². The van der Waals surface area contributed by atoms with E-state index in [0.717, 1.165) is 0 Å². The van der Waals surface area contributed by atoms with Gasteiger partial charge in [0.1, 0.15) is 22.6 Å². The number of aromatic carboxylic acids is 2. The Morgan fingerprint density at radius 3 is 1.09 bits per heavy atom. The second kappa shape index (κ2) is 13.9. The number of carboxylic acid groups (broad SMARTS) is 4. The molecule has 0 aromatic heterocycles. The van der Waals surface area contributed by atoms with E-state index in [1.165, 1.54) is 12.1 Å². The van der Waals surface area contributed by atoms with E-state index in [2.05, 4.69) is 63.7 Å². The summed E-state index contributed by atoms with van der Waals surface area (Å²) in [7, 11) is 0. The zero-order valence-electron chi connectivity index (χ0n) is 15.3. The zero-order valence-corrected chi connectivity index (χ0v) is 21.6. The van der Waals surface area contributed by atoms with Gasteiger partial charge in [0, 0.05) is 21.1 Å². The lowest BCUT2D eigenvalue weighted by Gasteiger charge is -2.02. The van der Waals surface area contributed by atoms with E-state index in [1.54, 1.807) is 12.1 Å². The second-order valence-corrected chi connectivity index (χ2v) is 8.73. The first-order valence-corrected chi connectivity index (χ1v) is 10.8. The third-order valence-corrected chi connectivity index (χ3v) is 5.01. The monoisotopic (exact) mass is 704 g/mol. The number of phenols is 2. The summed E-state index contributed by atoms with van der Waals surface area (Å²) in [6, 6.07) is 5.81. The SMILES string of the molecule is O=C(O)/C=C/C(=O)O.O=C(O)c1cc(Br)cc(Br)c1O.O=C(O)c1cc(Br)cc(Br)c1O. The van der Waals surface area contributed by atoms with Crippen molar-refractivity contribution in [2.75, 3.05) is 0 Å². The lowest BCUT2D eigenvalue weighted by atomic mass is 10.2. The van der Waals surface area contributed by atoms with Crippen molar-refractivity contribution >= 4 is 87.6 Å². The smallest absolute Gasteiger partial charge is 0.339 e. The minimum absolute atomic E-state index is 0.128. The lowest BCUT2D eigenvalue weighted by Crippen LogP contribution is -1.96. The molecule has 0 aliphatic rings. The summed E-state index contributed by atoms with van der Waals surface area (Å²) in [5, 5.41) is 51.3. The number of halogens is 4. The number of rotatable bonds is 4. The van der Waals surface area contributed by atoms with E-state index in [4.69, 9.17) is 20.4 Å². The molecule has 10 nitrogen and oxygen atoms in total. The largest absolute Gasteiger partial charge is 0.506 e. The Bertz CT molecular complexity index is 983. The van der Waals surface area contributed by atoms with Crippen LogP contribution in [0.25, 0.3) is 0 Å². The summed E-state index contributed by atoms with van der Waals surface area (Å²) in [5.74, 6) is -5.35. The predicted octanol–water partition coefficient (Wildman–Crippen LogP) is 4.94. The molecule has 14 heteroatoms. The highest BCUT2D eigenvalue weighted by molar-refractivity contribution is 9.11. The molecule has 0 saturated carbocycles. The van der Waals surface area contributed by atoms with Crippen molar-refractivity contribution in [3.05, 3.63) is 65.4 Å². The molecule has 0 radical (unpaired) electrons. The van der Waals surface area contributed by atoms with Crippen LogP contribution in [0.3, 0.4) is 0 Å². The first kappa shape index (κ1) is 29.6. The Kier molecular flexibility index (Phi) is 12.8. The fourth-order valence-corrected chi connectivity index (χ4v) is 4.05. The minimum Gasteiger partial charge on any atom is -0.506 e. The molecular weight excluding hydrogens is 696 g/mol. The summed E-state index contributed by atoms with van der Waals surface area (Å²) in [6.07, 6.45) is 1.12. The molecule has 0 heterocycles. The van der Waals surface area contributed by atoms with Crippen molar-refractivity contribution < 1.29 is 49.8 Å². The quantitative estimate of drug-likeness (QED) is 0.238. The summed E-state index contributed by atoms with van der Waals surface area (Å²) < 4.78 is 1.91. The molecule has 2 aromatic rings. The van der Waals surface area contributed by atoms with Gasteiger partial charge in [-0.15, -0.1) is 0 Å². The third-order valence-electron chi connectivity index (χ3n) is 2.89. The third kappa shape index (κ3) is 10.7. The van der Waals surface area contributed by atoms with Gasteiger partial charge in [0.05, 0.1) is 8.95 Å². The molecule has 6 N–H and O–H groups in total. The Hall–Kier alpha value is -2.42. The van der Waals surface area contributed by atoms with Crippen molar-refractivity contribution in [1.82, 2.24) is 0 Å². The van der Waals surface area contributed by atoms with Gasteiger partial charge >= 0.3 is 23.9 Å². The molecular formula is C18H12Br4O10. The van der Waals surface area contributed by atoms with Gasteiger partial charge in [0.25, 0.3) is 0 Å². The highest BCUT2D eigenvalue weighted by Gasteiger charge is 2.13. The maximum absolute atomic E-state index is 10.5. The molecule has 0 spiro atoms. The van der Waals surface area contributed by atoms with Crippen molar-refractivity contribution in [3.63, 3.8) is 0 Å². The number of hydrogen-bond donors (Lipinski definition) is 6. The highest BCUT2D eigenvalue weighted by Crippen LogP contribution is 2.32. The molecule has 0 aliphatic heterocycles. The number of aromatic hydroxyl groups is 2. The minimum atomic E-state index is -1.26. The van der Waals surface area contributed by atoms with Crippen LogP contribution in [-0.2, 0) is 9.59 Å². The van der Waals surface area contributed by atoms with Crippen LogP contribution >= 0.6 is 63.7 Å². The zero-order chi connectivity index (χ0) is 25.2. The molecule has 0 unspecified atom stereocenters. The first-order valence-electron chi connectivity index (χ1n) is 7.63. The number of carboxylic acids is 4. The molecule has 172 valence electrons. The van der Waals surface area contributed by atoms with Crippen LogP contribution in [0.5, 0.6) is 11.5 Å². The number of carbonyl (C=O) groups is 4.